The van der Waals surface area contributed by atoms with Crippen molar-refractivity contribution in [3.05, 3.63) is 58.9 Å². The van der Waals surface area contributed by atoms with E-state index >= 15 is 0 Å². The summed E-state index contributed by atoms with van der Waals surface area (Å²) in [6.07, 6.45) is 4.23. The van der Waals surface area contributed by atoms with Gasteiger partial charge in [0.05, 0.1) is 24.1 Å². The number of hydrogen-bond donors (Lipinski definition) is 1. The van der Waals surface area contributed by atoms with Crippen molar-refractivity contribution >= 4 is 21.6 Å². The predicted molar refractivity (Wildman–Crippen MR) is 99.4 cm³/mol. The highest BCUT2D eigenvalue weighted by Gasteiger charge is 2.21. The van der Waals surface area contributed by atoms with Crippen molar-refractivity contribution in [2.75, 3.05) is 23.7 Å². The van der Waals surface area contributed by atoms with E-state index in [0.29, 0.717) is 11.3 Å². The maximum atomic E-state index is 12.3. The van der Waals surface area contributed by atoms with Crippen molar-refractivity contribution in [3.63, 3.8) is 0 Å². The van der Waals surface area contributed by atoms with Crippen LogP contribution < -0.4 is 9.62 Å². The van der Waals surface area contributed by atoms with Gasteiger partial charge in [-0.25, -0.2) is 8.42 Å². The lowest BCUT2D eigenvalue weighted by atomic mass is 10.1. The first-order valence-corrected chi connectivity index (χ1v) is 9.79. The molecular weight excluding hydrogens is 338 g/mol. The summed E-state index contributed by atoms with van der Waals surface area (Å²) in [4.78, 5) is 16.0. The van der Waals surface area contributed by atoms with Gasteiger partial charge in [-0.05, 0) is 44.0 Å². The molecule has 2 aromatic rings. The van der Waals surface area contributed by atoms with Crippen LogP contribution in [-0.2, 0) is 10.0 Å². The fraction of sp³-hybridized carbons (Fsp3) is 0.333. The minimum Gasteiger partial charge on any atom is -0.350 e. The number of aromatic nitrogens is 1. The van der Waals surface area contributed by atoms with Crippen molar-refractivity contribution in [2.24, 2.45) is 0 Å². The minimum atomic E-state index is -3.47. The van der Waals surface area contributed by atoms with Crippen molar-refractivity contribution in [1.29, 1.82) is 0 Å². The molecule has 0 unspecified atom stereocenters. The lowest BCUT2D eigenvalue weighted by Gasteiger charge is -2.26. The molecule has 1 aromatic heterocycles. The first-order valence-electron chi connectivity index (χ1n) is 7.94. The zero-order valence-corrected chi connectivity index (χ0v) is 15.7. The molecule has 1 N–H and O–H groups in total. The summed E-state index contributed by atoms with van der Waals surface area (Å²) >= 11 is 0. The molecule has 0 saturated heterocycles. The standard InChI is InChI=1S/C18H23N3O3S/c1-13-10-14(2)17(15(3)11-13)21(25(4,23)24)9-8-20-18(22)16-6-5-7-19-12-16/h5-7,10-12H,8-9H2,1-4H3,(H,20,22). The molecule has 25 heavy (non-hydrogen) atoms. The van der Waals surface area contributed by atoms with E-state index in [1.54, 1.807) is 18.3 Å². The van der Waals surface area contributed by atoms with Crippen LogP contribution in [0.1, 0.15) is 27.0 Å². The average Bonchev–Trinajstić information content (AvgIpc) is 2.52. The maximum Gasteiger partial charge on any atom is 0.252 e. The quantitative estimate of drug-likeness (QED) is 0.855. The maximum absolute atomic E-state index is 12.3. The Kier molecular flexibility index (Phi) is 5.79. The predicted octanol–water partition coefficient (Wildman–Crippen LogP) is 2.20. The van der Waals surface area contributed by atoms with Crippen LogP contribution in [0.15, 0.2) is 36.7 Å². The number of hydrogen-bond acceptors (Lipinski definition) is 4. The molecule has 6 nitrogen and oxygen atoms in total. The Hall–Kier alpha value is -2.41. The van der Waals surface area contributed by atoms with Gasteiger partial charge in [0.1, 0.15) is 0 Å². The van der Waals surface area contributed by atoms with Crippen molar-refractivity contribution < 1.29 is 13.2 Å². The first kappa shape index (κ1) is 18.9. The lowest BCUT2D eigenvalue weighted by molar-refractivity contribution is 0.0954. The Morgan fingerprint density at radius 1 is 1.20 bits per heavy atom. The van der Waals surface area contributed by atoms with Gasteiger partial charge in [0.15, 0.2) is 0 Å². The summed E-state index contributed by atoms with van der Waals surface area (Å²) in [5.74, 6) is -0.279. The van der Waals surface area contributed by atoms with E-state index in [2.05, 4.69) is 10.3 Å². The number of nitrogens with one attached hydrogen (secondary N) is 1. The van der Waals surface area contributed by atoms with Gasteiger partial charge in [0, 0.05) is 18.9 Å². The molecule has 0 fully saturated rings. The number of benzene rings is 1. The Morgan fingerprint density at radius 3 is 2.36 bits per heavy atom. The van der Waals surface area contributed by atoms with Crippen LogP contribution in [0.25, 0.3) is 0 Å². The molecule has 0 aliphatic carbocycles. The second-order valence-corrected chi connectivity index (χ2v) is 7.99. The lowest BCUT2D eigenvalue weighted by Crippen LogP contribution is -2.39. The topological polar surface area (TPSA) is 79.4 Å². The number of aryl methyl sites for hydroxylation is 3. The van der Waals surface area contributed by atoms with Crippen molar-refractivity contribution in [3.8, 4) is 0 Å². The molecule has 2 rings (SSSR count). The fourth-order valence-corrected chi connectivity index (χ4v) is 3.92. The largest absolute Gasteiger partial charge is 0.350 e. The smallest absolute Gasteiger partial charge is 0.252 e. The van der Waals surface area contributed by atoms with E-state index in [4.69, 9.17) is 0 Å². The number of carbonyl (C=O) groups excluding carboxylic acids is 1. The third kappa shape index (κ3) is 4.79. The molecule has 0 aliphatic heterocycles. The molecule has 134 valence electrons. The molecule has 0 radical (unpaired) electrons. The van der Waals surface area contributed by atoms with E-state index in [0.717, 1.165) is 16.7 Å². The Bertz CT molecular complexity index is 841. The minimum absolute atomic E-state index is 0.162. The van der Waals surface area contributed by atoms with E-state index < -0.39 is 10.0 Å². The highest BCUT2D eigenvalue weighted by molar-refractivity contribution is 7.92. The summed E-state index contributed by atoms with van der Waals surface area (Å²) in [6.45, 7) is 6.12. The van der Waals surface area contributed by atoms with Crippen LogP contribution in [0, 0.1) is 20.8 Å². The van der Waals surface area contributed by atoms with Crippen molar-refractivity contribution in [2.45, 2.75) is 20.8 Å². The molecule has 1 aromatic carbocycles. The highest BCUT2D eigenvalue weighted by Crippen LogP contribution is 2.27. The van der Waals surface area contributed by atoms with Gasteiger partial charge in [-0.1, -0.05) is 17.7 Å². The zero-order chi connectivity index (χ0) is 18.6. The van der Waals surface area contributed by atoms with Gasteiger partial charge in [0.2, 0.25) is 10.0 Å². The zero-order valence-electron chi connectivity index (χ0n) is 14.9. The Labute approximate surface area is 148 Å². The molecule has 1 amide bonds. The SMILES string of the molecule is Cc1cc(C)c(N(CCNC(=O)c2cccnc2)S(C)(=O)=O)c(C)c1. The molecule has 0 atom stereocenters. The van der Waals surface area contributed by atoms with Crippen LogP contribution in [-0.4, -0.2) is 38.7 Å². The van der Waals surface area contributed by atoms with Crippen LogP contribution in [0.3, 0.4) is 0 Å². The normalized spacial score (nSPS) is 11.2. The van der Waals surface area contributed by atoms with Gasteiger partial charge in [-0.2, -0.15) is 0 Å². The summed E-state index contributed by atoms with van der Waals surface area (Å²) < 4.78 is 25.9. The average molecular weight is 361 g/mol. The van der Waals surface area contributed by atoms with E-state index in [-0.39, 0.29) is 19.0 Å². The molecule has 1 heterocycles. The molecular formula is C18H23N3O3S. The van der Waals surface area contributed by atoms with Crippen LogP contribution in [0.5, 0.6) is 0 Å². The van der Waals surface area contributed by atoms with Gasteiger partial charge >= 0.3 is 0 Å². The highest BCUT2D eigenvalue weighted by atomic mass is 32.2. The molecule has 0 spiro atoms. The van der Waals surface area contributed by atoms with E-state index in [1.165, 1.54) is 16.8 Å². The number of sulfonamides is 1. The number of nitrogens with zero attached hydrogens (tertiary/aromatic N) is 2. The molecule has 0 aliphatic rings. The van der Waals surface area contributed by atoms with Crippen LogP contribution in [0.2, 0.25) is 0 Å². The van der Waals surface area contributed by atoms with Gasteiger partial charge in [-0.3, -0.25) is 14.1 Å². The van der Waals surface area contributed by atoms with Crippen LogP contribution in [0.4, 0.5) is 5.69 Å². The third-order valence-corrected chi connectivity index (χ3v) is 4.98. The number of rotatable bonds is 6. The monoisotopic (exact) mass is 361 g/mol. The van der Waals surface area contributed by atoms with Gasteiger partial charge < -0.3 is 5.32 Å². The van der Waals surface area contributed by atoms with E-state index in [1.807, 2.05) is 32.9 Å². The summed E-state index contributed by atoms with van der Waals surface area (Å²) in [5, 5.41) is 2.74. The fourth-order valence-electron chi connectivity index (χ4n) is 2.88. The number of anilines is 1. The summed E-state index contributed by atoms with van der Waals surface area (Å²) in [6, 6.07) is 7.24. The number of carbonyl (C=O) groups is 1. The van der Waals surface area contributed by atoms with Crippen LogP contribution >= 0.6 is 0 Å². The number of pyridine rings is 1. The van der Waals surface area contributed by atoms with Gasteiger partial charge in [-0.15, -0.1) is 0 Å². The first-order chi connectivity index (χ1) is 11.7. The summed E-state index contributed by atoms with van der Waals surface area (Å²) in [7, 11) is -3.47. The van der Waals surface area contributed by atoms with Crippen molar-refractivity contribution in [1.82, 2.24) is 10.3 Å². The Balaban J connectivity index is 2.17. The molecule has 0 bridgehead atoms. The second-order valence-electron chi connectivity index (χ2n) is 6.08. The molecule has 7 heteroatoms. The summed E-state index contributed by atoms with van der Waals surface area (Å²) in [5.41, 5.74) is 3.97. The Morgan fingerprint density at radius 2 is 1.84 bits per heavy atom. The van der Waals surface area contributed by atoms with E-state index in [9.17, 15) is 13.2 Å². The molecule has 0 saturated carbocycles. The number of amides is 1. The third-order valence-electron chi connectivity index (χ3n) is 3.81. The second kappa shape index (κ2) is 7.65. The van der Waals surface area contributed by atoms with Gasteiger partial charge in [0.25, 0.3) is 5.91 Å².